The summed E-state index contributed by atoms with van der Waals surface area (Å²) in [5.41, 5.74) is 0. The molecule has 1 atom stereocenters. The Bertz CT molecular complexity index is 379. The number of hydrogen-bond acceptors (Lipinski definition) is 3. The Balaban J connectivity index is 2.19. The zero-order valence-corrected chi connectivity index (χ0v) is 13.0. The van der Waals surface area contributed by atoms with Crippen molar-refractivity contribution in [3.8, 4) is 0 Å². The van der Waals surface area contributed by atoms with E-state index in [9.17, 15) is 4.79 Å². The molecule has 1 heterocycles. The van der Waals surface area contributed by atoms with Gasteiger partial charge >= 0.3 is 6.03 Å². The van der Waals surface area contributed by atoms with Gasteiger partial charge in [0, 0.05) is 17.6 Å². The van der Waals surface area contributed by atoms with Gasteiger partial charge in [-0.15, -0.1) is 11.3 Å². The largest absolute Gasteiger partial charge is 0.338 e. The van der Waals surface area contributed by atoms with Crippen molar-refractivity contribution in [2.45, 2.75) is 53.0 Å². The van der Waals surface area contributed by atoms with Crippen LogP contribution in [0, 0.1) is 12.8 Å². The number of carbonyl (C=O) groups excluding carboxylic acids is 1. The molecular formula is C14H25N3OS. The Hall–Kier alpha value is -1.10. The van der Waals surface area contributed by atoms with Crippen molar-refractivity contribution < 1.29 is 4.79 Å². The van der Waals surface area contributed by atoms with Gasteiger partial charge in [0.05, 0.1) is 11.6 Å². The number of aromatic nitrogens is 1. The molecule has 0 spiro atoms. The van der Waals surface area contributed by atoms with Crippen LogP contribution in [0.15, 0.2) is 6.20 Å². The Labute approximate surface area is 120 Å². The van der Waals surface area contributed by atoms with Crippen LogP contribution in [0.3, 0.4) is 0 Å². The molecule has 0 saturated carbocycles. The first-order valence-electron chi connectivity index (χ1n) is 7.08. The zero-order chi connectivity index (χ0) is 14.1. The number of nitrogens with zero attached hydrogens (tertiary/aromatic N) is 1. The third-order valence-electron chi connectivity index (χ3n) is 3.19. The molecule has 0 radical (unpaired) electrons. The van der Waals surface area contributed by atoms with E-state index in [2.05, 4.69) is 29.5 Å². The van der Waals surface area contributed by atoms with E-state index in [1.807, 2.05) is 13.1 Å². The van der Waals surface area contributed by atoms with Crippen molar-refractivity contribution >= 4 is 17.4 Å². The topological polar surface area (TPSA) is 54.0 Å². The Morgan fingerprint density at radius 3 is 2.79 bits per heavy atom. The van der Waals surface area contributed by atoms with Gasteiger partial charge in [0.2, 0.25) is 0 Å². The van der Waals surface area contributed by atoms with Gasteiger partial charge < -0.3 is 10.6 Å². The molecule has 1 rings (SSSR count). The molecule has 108 valence electrons. The first kappa shape index (κ1) is 16.0. The first-order valence-corrected chi connectivity index (χ1v) is 7.90. The van der Waals surface area contributed by atoms with Gasteiger partial charge in [0.15, 0.2) is 0 Å². The van der Waals surface area contributed by atoms with Gasteiger partial charge in [-0.3, -0.25) is 0 Å². The van der Waals surface area contributed by atoms with Crippen LogP contribution in [0.1, 0.15) is 49.4 Å². The number of hydrogen-bond donors (Lipinski definition) is 2. The standard InChI is InChI=1S/C14H25N3OS/c1-4-6-7-12(5-2)8-16-14(18)17-10-13-9-15-11(3)19-13/h9,12H,4-8,10H2,1-3H3,(H2,16,17,18). The van der Waals surface area contributed by atoms with Crippen LogP contribution >= 0.6 is 11.3 Å². The molecule has 0 saturated heterocycles. The van der Waals surface area contributed by atoms with E-state index in [0.29, 0.717) is 12.5 Å². The van der Waals surface area contributed by atoms with Crippen LogP contribution in [-0.4, -0.2) is 17.6 Å². The molecule has 0 aliphatic heterocycles. The molecule has 0 aromatic carbocycles. The predicted molar refractivity (Wildman–Crippen MR) is 80.4 cm³/mol. The normalized spacial score (nSPS) is 12.2. The SMILES string of the molecule is CCCCC(CC)CNC(=O)NCc1cnc(C)s1. The predicted octanol–water partition coefficient (Wildman–Crippen LogP) is 3.47. The van der Waals surface area contributed by atoms with Gasteiger partial charge in [-0.25, -0.2) is 9.78 Å². The summed E-state index contributed by atoms with van der Waals surface area (Å²) in [6, 6.07) is -0.0824. The number of aryl methyl sites for hydroxylation is 1. The van der Waals surface area contributed by atoms with Crippen molar-refractivity contribution in [1.29, 1.82) is 0 Å². The second kappa shape index (κ2) is 8.91. The van der Waals surface area contributed by atoms with Gasteiger partial charge in [0.25, 0.3) is 0 Å². The molecule has 0 aliphatic carbocycles. The van der Waals surface area contributed by atoms with Crippen LogP contribution < -0.4 is 10.6 Å². The summed E-state index contributed by atoms with van der Waals surface area (Å²) in [5, 5.41) is 6.85. The maximum Gasteiger partial charge on any atom is 0.315 e. The highest BCUT2D eigenvalue weighted by Crippen LogP contribution is 2.12. The van der Waals surface area contributed by atoms with Crippen molar-refractivity contribution in [3.63, 3.8) is 0 Å². The van der Waals surface area contributed by atoms with Crippen LogP contribution in [0.25, 0.3) is 0 Å². The highest BCUT2D eigenvalue weighted by atomic mass is 32.1. The van der Waals surface area contributed by atoms with E-state index in [4.69, 9.17) is 0 Å². The minimum atomic E-state index is -0.0824. The number of nitrogens with one attached hydrogen (secondary N) is 2. The van der Waals surface area contributed by atoms with E-state index in [1.54, 1.807) is 11.3 Å². The lowest BCUT2D eigenvalue weighted by Gasteiger charge is -2.15. The highest BCUT2D eigenvalue weighted by Gasteiger charge is 2.08. The van der Waals surface area contributed by atoms with E-state index >= 15 is 0 Å². The number of amides is 2. The zero-order valence-electron chi connectivity index (χ0n) is 12.2. The van der Waals surface area contributed by atoms with Crippen LogP contribution in [0.5, 0.6) is 0 Å². The Morgan fingerprint density at radius 1 is 1.42 bits per heavy atom. The molecule has 0 aliphatic rings. The lowest BCUT2D eigenvalue weighted by Crippen LogP contribution is -2.37. The highest BCUT2D eigenvalue weighted by molar-refractivity contribution is 7.11. The Kier molecular flexibility index (Phi) is 7.48. The van der Waals surface area contributed by atoms with E-state index < -0.39 is 0 Å². The maximum absolute atomic E-state index is 11.7. The number of thiazole rings is 1. The number of urea groups is 1. The van der Waals surface area contributed by atoms with Crippen molar-refractivity contribution in [2.24, 2.45) is 5.92 Å². The monoisotopic (exact) mass is 283 g/mol. The molecule has 2 N–H and O–H groups in total. The average Bonchev–Trinajstić information content (AvgIpc) is 2.82. The molecule has 1 unspecified atom stereocenters. The molecule has 0 bridgehead atoms. The van der Waals surface area contributed by atoms with Crippen LogP contribution in [0.2, 0.25) is 0 Å². The molecule has 5 heteroatoms. The summed E-state index contributed by atoms with van der Waals surface area (Å²) in [4.78, 5) is 16.9. The fraction of sp³-hybridized carbons (Fsp3) is 0.714. The molecule has 0 fully saturated rings. The molecule has 19 heavy (non-hydrogen) atoms. The average molecular weight is 283 g/mol. The minimum Gasteiger partial charge on any atom is -0.338 e. The minimum absolute atomic E-state index is 0.0824. The van der Waals surface area contributed by atoms with E-state index in [1.165, 1.54) is 19.3 Å². The summed E-state index contributed by atoms with van der Waals surface area (Å²) in [6.45, 7) is 7.67. The van der Waals surface area contributed by atoms with Crippen molar-refractivity contribution in [2.75, 3.05) is 6.54 Å². The summed E-state index contributed by atoms with van der Waals surface area (Å²) in [5.74, 6) is 0.594. The summed E-state index contributed by atoms with van der Waals surface area (Å²) in [6.07, 6.45) is 6.58. The second-order valence-corrected chi connectivity index (χ2v) is 6.14. The summed E-state index contributed by atoms with van der Waals surface area (Å²) >= 11 is 1.62. The van der Waals surface area contributed by atoms with E-state index in [0.717, 1.165) is 22.9 Å². The lowest BCUT2D eigenvalue weighted by atomic mass is 9.99. The quantitative estimate of drug-likeness (QED) is 0.767. The second-order valence-electron chi connectivity index (χ2n) is 4.83. The fourth-order valence-corrected chi connectivity index (χ4v) is 2.63. The molecule has 4 nitrogen and oxygen atoms in total. The van der Waals surface area contributed by atoms with Gasteiger partial charge in [0.1, 0.15) is 0 Å². The Morgan fingerprint density at radius 2 is 2.21 bits per heavy atom. The third kappa shape index (κ3) is 6.57. The number of rotatable bonds is 8. The fourth-order valence-electron chi connectivity index (χ4n) is 1.90. The van der Waals surface area contributed by atoms with Crippen LogP contribution in [0.4, 0.5) is 4.79 Å². The smallest absolute Gasteiger partial charge is 0.315 e. The number of carbonyl (C=O) groups is 1. The van der Waals surface area contributed by atoms with E-state index in [-0.39, 0.29) is 6.03 Å². The van der Waals surface area contributed by atoms with Crippen molar-refractivity contribution in [3.05, 3.63) is 16.1 Å². The summed E-state index contributed by atoms with van der Waals surface area (Å²) < 4.78 is 0. The molecule has 1 aromatic heterocycles. The first-order chi connectivity index (χ1) is 9.15. The third-order valence-corrected chi connectivity index (χ3v) is 4.10. The molecule has 1 aromatic rings. The maximum atomic E-state index is 11.7. The van der Waals surface area contributed by atoms with Gasteiger partial charge in [-0.1, -0.05) is 33.1 Å². The number of unbranched alkanes of at least 4 members (excludes halogenated alkanes) is 1. The summed E-state index contributed by atoms with van der Waals surface area (Å²) in [7, 11) is 0. The molecule has 2 amide bonds. The van der Waals surface area contributed by atoms with Crippen molar-refractivity contribution in [1.82, 2.24) is 15.6 Å². The van der Waals surface area contributed by atoms with Gasteiger partial charge in [-0.05, 0) is 19.3 Å². The van der Waals surface area contributed by atoms with Gasteiger partial charge in [-0.2, -0.15) is 0 Å². The molecular weight excluding hydrogens is 258 g/mol. The van der Waals surface area contributed by atoms with Crippen LogP contribution in [-0.2, 0) is 6.54 Å². The lowest BCUT2D eigenvalue weighted by molar-refractivity contribution is 0.238.